The van der Waals surface area contributed by atoms with Crippen LogP contribution in [0.3, 0.4) is 0 Å². The second-order valence-electron chi connectivity index (χ2n) is 3.95. The van der Waals surface area contributed by atoms with E-state index in [1.807, 2.05) is 13.0 Å². The summed E-state index contributed by atoms with van der Waals surface area (Å²) in [6.07, 6.45) is 1.02. The van der Waals surface area contributed by atoms with Gasteiger partial charge in [-0.2, -0.15) is 0 Å². The smallest absolute Gasteiger partial charge is 0.166 e. The second-order valence-corrected chi connectivity index (χ2v) is 4.39. The maximum absolute atomic E-state index is 5.99. The number of anilines is 1. The first kappa shape index (κ1) is 11.9. The average molecular weight is 251 g/mol. The predicted molar refractivity (Wildman–Crippen MR) is 69.9 cm³/mol. The van der Waals surface area contributed by atoms with Gasteiger partial charge in [-0.1, -0.05) is 18.5 Å². The first-order chi connectivity index (χ1) is 8.13. The fourth-order valence-corrected chi connectivity index (χ4v) is 1.97. The third-order valence-corrected chi connectivity index (χ3v) is 2.87. The number of nitrogen functional groups attached to an aromatic ring is 1. The molecule has 0 aliphatic carbocycles. The molecule has 1 aromatic heterocycles. The molecule has 0 fully saturated rings. The second kappa shape index (κ2) is 4.75. The van der Waals surface area contributed by atoms with Crippen molar-refractivity contribution in [2.24, 2.45) is 0 Å². The Hall–Kier alpha value is -1.55. The number of hydrogen-bond donors (Lipinski definition) is 1. The molecule has 4 nitrogen and oxygen atoms in total. The molecule has 2 rings (SSSR count). The summed E-state index contributed by atoms with van der Waals surface area (Å²) in [7, 11) is 0. The minimum atomic E-state index is 0.651. The summed E-state index contributed by atoms with van der Waals surface area (Å²) < 4.78 is 2.06. The third-order valence-electron chi connectivity index (χ3n) is 2.64. The van der Waals surface area contributed by atoms with E-state index in [-0.39, 0.29) is 0 Å². The molecular weight excluding hydrogens is 236 g/mol. The van der Waals surface area contributed by atoms with Crippen molar-refractivity contribution in [3.63, 3.8) is 0 Å². The number of hydrogen-bond acceptors (Lipinski definition) is 3. The van der Waals surface area contributed by atoms with Gasteiger partial charge in [0.2, 0.25) is 0 Å². The van der Waals surface area contributed by atoms with E-state index in [2.05, 4.69) is 21.7 Å². The highest BCUT2D eigenvalue weighted by molar-refractivity contribution is 6.31. The lowest BCUT2D eigenvalue weighted by atomic mass is 10.1. The molecule has 5 heteroatoms. The Morgan fingerprint density at radius 1 is 1.35 bits per heavy atom. The van der Waals surface area contributed by atoms with Gasteiger partial charge >= 0.3 is 0 Å². The van der Waals surface area contributed by atoms with Gasteiger partial charge in [-0.3, -0.25) is 0 Å². The van der Waals surface area contributed by atoms with Crippen LogP contribution in [0.4, 0.5) is 5.69 Å². The van der Waals surface area contributed by atoms with Gasteiger partial charge < -0.3 is 10.3 Å². The van der Waals surface area contributed by atoms with Crippen molar-refractivity contribution >= 4 is 17.3 Å². The van der Waals surface area contributed by atoms with E-state index in [1.165, 1.54) is 0 Å². The monoisotopic (exact) mass is 250 g/mol. The fourth-order valence-electron chi connectivity index (χ4n) is 1.79. The van der Waals surface area contributed by atoms with Gasteiger partial charge in [0.05, 0.1) is 0 Å². The van der Waals surface area contributed by atoms with Crippen LogP contribution < -0.4 is 5.73 Å². The number of nitrogens with two attached hydrogens (primary N) is 1. The molecule has 0 saturated heterocycles. The van der Waals surface area contributed by atoms with Gasteiger partial charge in [-0.25, -0.2) is 0 Å². The van der Waals surface area contributed by atoms with Gasteiger partial charge in [0.25, 0.3) is 0 Å². The molecule has 0 atom stereocenters. The Kier molecular flexibility index (Phi) is 3.33. The van der Waals surface area contributed by atoms with E-state index >= 15 is 0 Å². The van der Waals surface area contributed by atoms with Crippen LogP contribution >= 0.6 is 11.6 Å². The summed E-state index contributed by atoms with van der Waals surface area (Å²) in [5, 5.41) is 8.93. The molecular formula is C12H15ClN4. The predicted octanol–water partition coefficient (Wildman–Crippen LogP) is 2.90. The van der Waals surface area contributed by atoms with Crippen LogP contribution in [-0.2, 0) is 6.54 Å². The summed E-state index contributed by atoms with van der Waals surface area (Å²) in [4.78, 5) is 0. The molecule has 1 aromatic carbocycles. The highest BCUT2D eigenvalue weighted by Crippen LogP contribution is 2.28. The van der Waals surface area contributed by atoms with Crippen molar-refractivity contribution in [2.75, 3.05) is 5.73 Å². The largest absolute Gasteiger partial charge is 0.398 e. The van der Waals surface area contributed by atoms with Crippen LogP contribution in [0, 0.1) is 6.92 Å². The lowest BCUT2D eigenvalue weighted by Crippen LogP contribution is -2.03. The Labute approximate surface area is 105 Å². The third kappa shape index (κ3) is 2.26. The number of rotatable bonds is 3. The van der Waals surface area contributed by atoms with Crippen LogP contribution in [0.1, 0.15) is 19.2 Å². The summed E-state index contributed by atoms with van der Waals surface area (Å²) in [6.45, 7) is 4.93. The minimum absolute atomic E-state index is 0.651. The minimum Gasteiger partial charge on any atom is -0.398 e. The van der Waals surface area contributed by atoms with E-state index in [1.54, 1.807) is 12.1 Å². The number of aromatic nitrogens is 3. The molecule has 0 radical (unpaired) electrons. The van der Waals surface area contributed by atoms with Gasteiger partial charge in [-0.15, -0.1) is 10.2 Å². The van der Waals surface area contributed by atoms with Crippen LogP contribution in [0.5, 0.6) is 0 Å². The SMILES string of the molecule is CCCn1c(C)nnc1-c1cc(Cl)ccc1N. The van der Waals surface area contributed by atoms with E-state index in [0.717, 1.165) is 30.2 Å². The summed E-state index contributed by atoms with van der Waals surface area (Å²) in [5.41, 5.74) is 7.46. The number of nitrogens with zero attached hydrogens (tertiary/aromatic N) is 3. The molecule has 2 N–H and O–H groups in total. The standard InChI is InChI=1S/C12H15ClN4/c1-3-6-17-8(2)15-16-12(17)10-7-9(13)4-5-11(10)14/h4-5,7H,3,6,14H2,1-2H3. The van der Waals surface area contributed by atoms with E-state index in [4.69, 9.17) is 17.3 Å². The quantitative estimate of drug-likeness (QED) is 0.853. The topological polar surface area (TPSA) is 56.7 Å². The number of aryl methyl sites for hydroxylation is 1. The Balaban J connectivity index is 2.56. The Morgan fingerprint density at radius 3 is 2.82 bits per heavy atom. The average Bonchev–Trinajstić information content (AvgIpc) is 2.65. The molecule has 2 aromatic rings. The maximum Gasteiger partial charge on any atom is 0.166 e. The first-order valence-electron chi connectivity index (χ1n) is 5.58. The van der Waals surface area contributed by atoms with Crippen LogP contribution in [0.25, 0.3) is 11.4 Å². The molecule has 1 heterocycles. The molecule has 0 saturated carbocycles. The summed E-state index contributed by atoms with van der Waals surface area (Å²) in [5.74, 6) is 1.67. The maximum atomic E-state index is 5.99. The van der Waals surface area contributed by atoms with Crippen molar-refractivity contribution in [3.05, 3.63) is 29.0 Å². The molecule has 0 amide bonds. The van der Waals surface area contributed by atoms with Gasteiger partial charge in [0.15, 0.2) is 5.82 Å². The van der Waals surface area contributed by atoms with E-state index in [0.29, 0.717) is 10.7 Å². The molecule has 0 aliphatic heterocycles. The zero-order chi connectivity index (χ0) is 12.4. The van der Waals surface area contributed by atoms with Crippen molar-refractivity contribution in [3.8, 4) is 11.4 Å². The normalized spacial score (nSPS) is 10.8. The molecule has 0 bridgehead atoms. The Morgan fingerprint density at radius 2 is 2.12 bits per heavy atom. The zero-order valence-electron chi connectivity index (χ0n) is 9.94. The van der Waals surface area contributed by atoms with Crippen molar-refractivity contribution in [1.82, 2.24) is 14.8 Å². The Bertz CT molecular complexity index is 533. The summed E-state index contributed by atoms with van der Waals surface area (Å²) in [6, 6.07) is 5.39. The number of benzene rings is 1. The van der Waals surface area contributed by atoms with Crippen molar-refractivity contribution < 1.29 is 0 Å². The van der Waals surface area contributed by atoms with E-state index < -0.39 is 0 Å². The highest BCUT2D eigenvalue weighted by Gasteiger charge is 2.13. The summed E-state index contributed by atoms with van der Waals surface area (Å²) >= 11 is 5.99. The van der Waals surface area contributed by atoms with Crippen LogP contribution in [0.15, 0.2) is 18.2 Å². The fraction of sp³-hybridized carbons (Fsp3) is 0.333. The first-order valence-corrected chi connectivity index (χ1v) is 5.96. The lowest BCUT2D eigenvalue weighted by Gasteiger charge is -2.09. The lowest BCUT2D eigenvalue weighted by molar-refractivity contribution is 0.663. The number of halogens is 1. The van der Waals surface area contributed by atoms with E-state index in [9.17, 15) is 0 Å². The molecule has 0 aliphatic rings. The molecule has 0 spiro atoms. The van der Waals surface area contributed by atoms with Crippen LogP contribution in [-0.4, -0.2) is 14.8 Å². The van der Waals surface area contributed by atoms with Gasteiger partial charge in [0.1, 0.15) is 5.82 Å². The molecule has 90 valence electrons. The van der Waals surface area contributed by atoms with Crippen molar-refractivity contribution in [1.29, 1.82) is 0 Å². The molecule has 17 heavy (non-hydrogen) atoms. The van der Waals surface area contributed by atoms with Gasteiger partial charge in [0, 0.05) is 22.8 Å². The van der Waals surface area contributed by atoms with Crippen molar-refractivity contribution in [2.45, 2.75) is 26.8 Å². The van der Waals surface area contributed by atoms with Crippen LogP contribution in [0.2, 0.25) is 5.02 Å². The zero-order valence-corrected chi connectivity index (χ0v) is 10.7. The highest BCUT2D eigenvalue weighted by atomic mass is 35.5. The van der Waals surface area contributed by atoms with Gasteiger partial charge in [-0.05, 0) is 31.5 Å². The molecule has 0 unspecified atom stereocenters.